The van der Waals surface area contributed by atoms with E-state index in [0.717, 1.165) is 43.2 Å². The molecule has 1 unspecified atom stereocenters. The highest BCUT2D eigenvalue weighted by Gasteiger charge is 2.32. The number of rotatable bonds is 4. The van der Waals surface area contributed by atoms with E-state index in [4.69, 9.17) is 16.3 Å². The molecule has 2 amide bonds. The lowest BCUT2D eigenvalue weighted by molar-refractivity contribution is 0.122. The predicted molar refractivity (Wildman–Crippen MR) is 73.2 cm³/mol. The van der Waals surface area contributed by atoms with Gasteiger partial charge in [0.05, 0.1) is 19.3 Å². The summed E-state index contributed by atoms with van der Waals surface area (Å²) in [5, 5.41) is 0.723. The van der Waals surface area contributed by atoms with Gasteiger partial charge in [-0.2, -0.15) is 0 Å². The van der Waals surface area contributed by atoms with Crippen LogP contribution in [-0.2, 0) is 11.3 Å². The monoisotopic (exact) mass is 280 g/mol. The highest BCUT2D eigenvalue weighted by Crippen LogP contribution is 2.18. The van der Waals surface area contributed by atoms with Crippen molar-refractivity contribution in [2.75, 3.05) is 26.2 Å². The molecule has 4 nitrogen and oxygen atoms in total. The second-order valence-corrected chi connectivity index (χ2v) is 5.52. The summed E-state index contributed by atoms with van der Waals surface area (Å²) >= 11 is 5.87. The van der Waals surface area contributed by atoms with Crippen LogP contribution in [0.15, 0.2) is 24.3 Å². The van der Waals surface area contributed by atoms with Crippen molar-refractivity contribution in [2.45, 2.75) is 19.1 Å². The number of carbonyl (C=O) groups excluding carboxylic acids is 1. The van der Waals surface area contributed by atoms with Gasteiger partial charge in [0.15, 0.2) is 0 Å². The largest absolute Gasteiger partial charge is 0.371 e. The van der Waals surface area contributed by atoms with Crippen molar-refractivity contribution in [1.82, 2.24) is 9.80 Å². The molecule has 102 valence electrons. The van der Waals surface area contributed by atoms with Gasteiger partial charge in [0.2, 0.25) is 0 Å². The van der Waals surface area contributed by atoms with E-state index in [-0.39, 0.29) is 12.1 Å². The average Bonchev–Trinajstić information content (AvgIpc) is 3.21. The van der Waals surface area contributed by atoms with Crippen LogP contribution in [0.4, 0.5) is 4.79 Å². The number of halogens is 1. The van der Waals surface area contributed by atoms with Crippen LogP contribution < -0.4 is 0 Å². The predicted octanol–water partition coefficient (Wildman–Crippen LogP) is 2.37. The van der Waals surface area contributed by atoms with E-state index in [1.54, 1.807) is 0 Å². The molecule has 0 spiro atoms. The molecule has 1 aromatic carbocycles. The van der Waals surface area contributed by atoms with Crippen molar-refractivity contribution in [3.63, 3.8) is 0 Å². The number of epoxide rings is 1. The lowest BCUT2D eigenvalue weighted by Crippen LogP contribution is -2.49. The van der Waals surface area contributed by atoms with Crippen molar-refractivity contribution in [2.24, 2.45) is 0 Å². The van der Waals surface area contributed by atoms with Gasteiger partial charge in [-0.05, 0) is 24.1 Å². The lowest BCUT2D eigenvalue weighted by atomic mass is 10.2. The summed E-state index contributed by atoms with van der Waals surface area (Å²) in [7, 11) is 0. The Labute approximate surface area is 117 Å². The van der Waals surface area contributed by atoms with Crippen LogP contribution in [0.1, 0.15) is 12.0 Å². The Kier molecular flexibility index (Phi) is 3.62. The molecule has 2 heterocycles. The first-order chi connectivity index (χ1) is 9.22. The van der Waals surface area contributed by atoms with Gasteiger partial charge in [-0.1, -0.05) is 23.7 Å². The number of amides is 2. The second kappa shape index (κ2) is 5.39. The Morgan fingerprint density at radius 2 is 1.89 bits per heavy atom. The summed E-state index contributed by atoms with van der Waals surface area (Å²) < 4.78 is 5.20. The van der Waals surface area contributed by atoms with Gasteiger partial charge >= 0.3 is 6.03 Å². The zero-order valence-corrected chi connectivity index (χ0v) is 11.5. The van der Waals surface area contributed by atoms with Gasteiger partial charge in [-0.25, -0.2) is 4.79 Å². The minimum Gasteiger partial charge on any atom is -0.371 e. The minimum atomic E-state index is 0.122. The number of nitrogens with zero attached hydrogens (tertiary/aromatic N) is 2. The summed E-state index contributed by atoms with van der Waals surface area (Å²) in [5.41, 5.74) is 1.11. The zero-order valence-electron chi connectivity index (χ0n) is 10.7. The van der Waals surface area contributed by atoms with Crippen LogP contribution in [0.3, 0.4) is 0 Å². The molecule has 1 atom stereocenters. The van der Waals surface area contributed by atoms with E-state index in [1.165, 1.54) is 0 Å². The fourth-order valence-electron chi connectivity index (χ4n) is 2.39. The van der Waals surface area contributed by atoms with Crippen LogP contribution in [-0.4, -0.2) is 48.2 Å². The van der Waals surface area contributed by atoms with Crippen molar-refractivity contribution < 1.29 is 9.53 Å². The van der Waals surface area contributed by atoms with Crippen LogP contribution in [0, 0.1) is 0 Å². The van der Waals surface area contributed by atoms with E-state index in [9.17, 15) is 4.79 Å². The van der Waals surface area contributed by atoms with E-state index in [0.29, 0.717) is 6.54 Å². The van der Waals surface area contributed by atoms with E-state index >= 15 is 0 Å². The van der Waals surface area contributed by atoms with Gasteiger partial charge in [-0.15, -0.1) is 0 Å². The average molecular weight is 281 g/mol. The topological polar surface area (TPSA) is 36.1 Å². The maximum atomic E-state index is 12.3. The Hall–Kier alpha value is -1.26. The highest BCUT2D eigenvalue weighted by atomic mass is 35.5. The first-order valence-corrected chi connectivity index (χ1v) is 7.00. The molecule has 0 aliphatic carbocycles. The van der Waals surface area contributed by atoms with Crippen LogP contribution in [0.2, 0.25) is 5.02 Å². The molecule has 0 bridgehead atoms. The number of hydrogen-bond acceptors (Lipinski definition) is 2. The minimum absolute atomic E-state index is 0.122. The molecule has 0 aromatic heterocycles. The molecule has 0 saturated carbocycles. The molecule has 0 radical (unpaired) electrons. The fourth-order valence-corrected chi connectivity index (χ4v) is 2.52. The van der Waals surface area contributed by atoms with Gasteiger partial charge < -0.3 is 14.5 Å². The summed E-state index contributed by atoms with van der Waals surface area (Å²) in [6.07, 6.45) is 1.28. The van der Waals surface area contributed by atoms with Gasteiger partial charge in [-0.3, -0.25) is 0 Å². The molecule has 2 saturated heterocycles. The molecule has 5 heteroatoms. The molecular weight excluding hydrogens is 264 g/mol. The maximum absolute atomic E-state index is 12.3. The third-order valence-electron chi connectivity index (χ3n) is 3.51. The highest BCUT2D eigenvalue weighted by molar-refractivity contribution is 6.30. The maximum Gasteiger partial charge on any atom is 0.320 e. The van der Waals surface area contributed by atoms with Crippen LogP contribution in [0.25, 0.3) is 0 Å². The Bertz CT molecular complexity index is 459. The van der Waals surface area contributed by atoms with Gasteiger partial charge in [0.25, 0.3) is 0 Å². The first-order valence-electron chi connectivity index (χ1n) is 6.62. The smallest absolute Gasteiger partial charge is 0.320 e. The summed E-state index contributed by atoms with van der Waals surface area (Å²) in [4.78, 5) is 16.1. The van der Waals surface area contributed by atoms with Crippen molar-refractivity contribution >= 4 is 17.6 Å². The normalized spacial score (nSPS) is 22.8. The van der Waals surface area contributed by atoms with E-state index in [1.807, 2.05) is 34.1 Å². The molecule has 3 rings (SSSR count). The van der Waals surface area contributed by atoms with Crippen molar-refractivity contribution in [3.8, 4) is 0 Å². The Balaban J connectivity index is 1.62. The van der Waals surface area contributed by atoms with Crippen LogP contribution in [0.5, 0.6) is 0 Å². The number of urea groups is 1. The zero-order chi connectivity index (χ0) is 13.2. The third-order valence-corrected chi connectivity index (χ3v) is 3.76. The Morgan fingerprint density at radius 3 is 2.58 bits per heavy atom. The Morgan fingerprint density at radius 1 is 1.21 bits per heavy atom. The third kappa shape index (κ3) is 3.19. The van der Waals surface area contributed by atoms with Gasteiger partial charge in [0.1, 0.15) is 0 Å². The molecule has 2 aliphatic rings. The van der Waals surface area contributed by atoms with Crippen LogP contribution >= 0.6 is 11.6 Å². The second-order valence-electron chi connectivity index (χ2n) is 5.09. The fraction of sp³-hybridized carbons (Fsp3) is 0.500. The number of carbonyl (C=O) groups is 1. The van der Waals surface area contributed by atoms with Crippen molar-refractivity contribution in [3.05, 3.63) is 34.9 Å². The summed E-state index contributed by atoms with van der Waals surface area (Å²) in [6, 6.07) is 7.79. The molecule has 1 aromatic rings. The summed E-state index contributed by atoms with van der Waals surface area (Å²) in [6.45, 7) is 3.84. The molecule has 2 aliphatic heterocycles. The summed E-state index contributed by atoms with van der Waals surface area (Å²) in [5.74, 6) is 0. The molecule has 2 fully saturated rings. The molecule has 0 N–H and O–H groups in total. The van der Waals surface area contributed by atoms with Gasteiger partial charge in [0, 0.05) is 24.7 Å². The van der Waals surface area contributed by atoms with Crippen molar-refractivity contribution in [1.29, 1.82) is 0 Å². The SMILES string of the molecule is O=C1N(Cc2ccc(Cl)cc2)CCCN1CC1CO1. The van der Waals surface area contributed by atoms with E-state index < -0.39 is 0 Å². The standard InChI is InChI=1S/C14H17ClN2O2/c15-12-4-2-11(3-5-12)8-16-6-1-7-17(14(16)18)9-13-10-19-13/h2-5,13H,1,6-10H2. The number of ether oxygens (including phenoxy) is 1. The quantitative estimate of drug-likeness (QED) is 0.794. The molecule has 19 heavy (non-hydrogen) atoms. The number of benzene rings is 1. The van der Waals surface area contributed by atoms with E-state index in [2.05, 4.69) is 0 Å². The first kappa shape index (κ1) is 12.8. The number of hydrogen-bond donors (Lipinski definition) is 0. The lowest BCUT2D eigenvalue weighted by Gasteiger charge is -2.35. The molecular formula is C14H17ClN2O2.